The molecule has 0 atom stereocenters. The van der Waals surface area contributed by atoms with Gasteiger partial charge in [-0.1, -0.05) is 0 Å². The van der Waals surface area contributed by atoms with Crippen molar-refractivity contribution >= 4 is 23.4 Å². The molecule has 2 aromatic rings. The SMILES string of the molecule is Cc1nn(C)c(C)c1NC(=O)COC(=O)c1nccnc1N. The molecule has 2 rings (SSSR count). The summed E-state index contributed by atoms with van der Waals surface area (Å²) in [5.41, 5.74) is 7.47. The van der Waals surface area contributed by atoms with E-state index in [1.165, 1.54) is 12.4 Å². The van der Waals surface area contributed by atoms with E-state index in [0.29, 0.717) is 11.4 Å². The van der Waals surface area contributed by atoms with E-state index in [-0.39, 0.29) is 11.5 Å². The van der Waals surface area contributed by atoms with E-state index in [1.54, 1.807) is 18.7 Å². The van der Waals surface area contributed by atoms with Gasteiger partial charge in [0.05, 0.1) is 17.1 Å². The van der Waals surface area contributed by atoms with E-state index in [2.05, 4.69) is 20.4 Å². The maximum absolute atomic E-state index is 11.9. The monoisotopic (exact) mass is 304 g/mol. The predicted molar refractivity (Wildman–Crippen MR) is 78.0 cm³/mol. The van der Waals surface area contributed by atoms with Gasteiger partial charge in [0.25, 0.3) is 5.91 Å². The van der Waals surface area contributed by atoms with Crippen LogP contribution in [0.15, 0.2) is 12.4 Å². The number of anilines is 2. The van der Waals surface area contributed by atoms with Crippen molar-refractivity contribution in [3.8, 4) is 0 Å². The molecule has 0 unspecified atom stereocenters. The molecule has 0 saturated carbocycles. The number of carbonyl (C=O) groups excluding carboxylic acids is 2. The van der Waals surface area contributed by atoms with Gasteiger partial charge in [-0.25, -0.2) is 14.8 Å². The molecule has 2 aromatic heterocycles. The van der Waals surface area contributed by atoms with Gasteiger partial charge in [-0.15, -0.1) is 0 Å². The van der Waals surface area contributed by atoms with Crippen molar-refractivity contribution in [2.24, 2.45) is 7.05 Å². The molecule has 3 N–H and O–H groups in total. The summed E-state index contributed by atoms with van der Waals surface area (Å²) < 4.78 is 6.52. The van der Waals surface area contributed by atoms with E-state index in [0.717, 1.165) is 5.69 Å². The first kappa shape index (κ1) is 15.4. The van der Waals surface area contributed by atoms with Gasteiger partial charge in [0.1, 0.15) is 0 Å². The summed E-state index contributed by atoms with van der Waals surface area (Å²) in [7, 11) is 1.77. The Labute approximate surface area is 126 Å². The first-order valence-electron chi connectivity index (χ1n) is 6.43. The number of esters is 1. The summed E-state index contributed by atoms with van der Waals surface area (Å²) in [6.07, 6.45) is 2.67. The number of aryl methyl sites for hydroxylation is 2. The molecule has 22 heavy (non-hydrogen) atoms. The van der Waals surface area contributed by atoms with Crippen LogP contribution >= 0.6 is 0 Å². The van der Waals surface area contributed by atoms with Crippen molar-refractivity contribution in [2.75, 3.05) is 17.7 Å². The normalized spacial score (nSPS) is 10.3. The zero-order valence-electron chi connectivity index (χ0n) is 12.5. The van der Waals surface area contributed by atoms with Crippen molar-refractivity contribution in [1.82, 2.24) is 19.7 Å². The summed E-state index contributed by atoms with van der Waals surface area (Å²) in [6.45, 7) is 3.14. The molecule has 116 valence electrons. The van der Waals surface area contributed by atoms with Gasteiger partial charge in [-0.2, -0.15) is 5.10 Å². The Hall–Kier alpha value is -2.97. The highest BCUT2D eigenvalue weighted by atomic mass is 16.5. The fraction of sp³-hybridized carbons (Fsp3) is 0.308. The van der Waals surface area contributed by atoms with Crippen LogP contribution in [-0.2, 0) is 16.6 Å². The number of nitrogens with one attached hydrogen (secondary N) is 1. The molecule has 0 saturated heterocycles. The number of hydrogen-bond donors (Lipinski definition) is 2. The van der Waals surface area contributed by atoms with Gasteiger partial charge in [0.15, 0.2) is 18.1 Å². The quantitative estimate of drug-likeness (QED) is 0.773. The maximum Gasteiger partial charge on any atom is 0.361 e. The van der Waals surface area contributed by atoms with Crippen molar-refractivity contribution in [2.45, 2.75) is 13.8 Å². The fourth-order valence-electron chi connectivity index (χ4n) is 1.84. The van der Waals surface area contributed by atoms with Gasteiger partial charge in [-0.3, -0.25) is 9.48 Å². The van der Waals surface area contributed by atoms with E-state index in [4.69, 9.17) is 10.5 Å². The smallest absolute Gasteiger partial charge is 0.361 e. The molecule has 0 aliphatic heterocycles. The lowest BCUT2D eigenvalue weighted by molar-refractivity contribution is -0.119. The largest absolute Gasteiger partial charge is 0.451 e. The zero-order chi connectivity index (χ0) is 16.3. The average Bonchev–Trinajstić information content (AvgIpc) is 2.72. The fourth-order valence-corrected chi connectivity index (χ4v) is 1.84. The summed E-state index contributed by atoms with van der Waals surface area (Å²) in [6, 6.07) is 0. The minimum Gasteiger partial charge on any atom is -0.451 e. The molecule has 9 heteroatoms. The molecule has 0 aliphatic rings. The van der Waals surface area contributed by atoms with E-state index >= 15 is 0 Å². The van der Waals surface area contributed by atoms with Gasteiger partial charge in [0, 0.05) is 19.4 Å². The Morgan fingerprint density at radius 1 is 1.32 bits per heavy atom. The van der Waals surface area contributed by atoms with Crippen LogP contribution in [0.3, 0.4) is 0 Å². The highest BCUT2D eigenvalue weighted by Gasteiger charge is 2.17. The zero-order valence-corrected chi connectivity index (χ0v) is 12.5. The minimum atomic E-state index is -0.805. The molecular weight excluding hydrogens is 288 g/mol. The summed E-state index contributed by atoms with van der Waals surface area (Å²) in [5, 5.41) is 6.83. The van der Waals surface area contributed by atoms with E-state index < -0.39 is 18.5 Å². The second kappa shape index (κ2) is 6.20. The maximum atomic E-state index is 11.9. The molecule has 0 spiro atoms. The van der Waals surface area contributed by atoms with Crippen LogP contribution in [0.4, 0.5) is 11.5 Å². The number of nitrogen functional groups attached to an aromatic ring is 1. The van der Waals surface area contributed by atoms with Crippen LogP contribution < -0.4 is 11.1 Å². The Morgan fingerprint density at radius 3 is 2.59 bits per heavy atom. The standard InChI is InChI=1S/C13H16N6O3/c1-7-10(8(2)19(3)18-7)17-9(20)6-22-13(21)11-12(14)16-5-4-15-11/h4-5H,6H2,1-3H3,(H2,14,16)(H,17,20). The topological polar surface area (TPSA) is 125 Å². The third-order valence-corrected chi connectivity index (χ3v) is 3.03. The first-order chi connectivity index (χ1) is 10.4. The molecule has 2 heterocycles. The number of nitrogens with zero attached hydrogens (tertiary/aromatic N) is 4. The van der Waals surface area contributed by atoms with Crippen LogP contribution in [0.25, 0.3) is 0 Å². The Morgan fingerprint density at radius 2 is 2.00 bits per heavy atom. The Bertz CT molecular complexity index is 725. The lowest BCUT2D eigenvalue weighted by Gasteiger charge is -2.07. The van der Waals surface area contributed by atoms with Crippen molar-refractivity contribution in [3.05, 3.63) is 29.5 Å². The number of carbonyl (C=O) groups is 2. The second-order valence-electron chi connectivity index (χ2n) is 4.58. The molecule has 1 amide bonds. The lowest BCUT2D eigenvalue weighted by Crippen LogP contribution is -2.22. The minimum absolute atomic E-state index is 0.0492. The highest BCUT2D eigenvalue weighted by Crippen LogP contribution is 2.18. The Balaban J connectivity index is 1.96. The van der Waals surface area contributed by atoms with E-state index in [1.807, 2.05) is 6.92 Å². The van der Waals surface area contributed by atoms with Crippen LogP contribution in [0.5, 0.6) is 0 Å². The summed E-state index contributed by atoms with van der Waals surface area (Å²) >= 11 is 0. The van der Waals surface area contributed by atoms with Crippen LogP contribution in [0.2, 0.25) is 0 Å². The number of rotatable bonds is 4. The molecule has 0 aromatic carbocycles. The molecule has 0 bridgehead atoms. The first-order valence-corrected chi connectivity index (χ1v) is 6.43. The van der Waals surface area contributed by atoms with Crippen molar-refractivity contribution < 1.29 is 14.3 Å². The molecular formula is C13H16N6O3. The van der Waals surface area contributed by atoms with Crippen molar-refractivity contribution in [3.63, 3.8) is 0 Å². The second-order valence-corrected chi connectivity index (χ2v) is 4.58. The van der Waals surface area contributed by atoms with Crippen LogP contribution in [-0.4, -0.2) is 38.2 Å². The van der Waals surface area contributed by atoms with Gasteiger partial charge in [-0.05, 0) is 13.8 Å². The lowest BCUT2D eigenvalue weighted by atomic mass is 10.3. The third-order valence-electron chi connectivity index (χ3n) is 3.03. The van der Waals surface area contributed by atoms with E-state index in [9.17, 15) is 9.59 Å². The Kier molecular flexibility index (Phi) is 4.35. The van der Waals surface area contributed by atoms with Crippen molar-refractivity contribution in [1.29, 1.82) is 0 Å². The summed E-state index contributed by atoms with van der Waals surface area (Å²) in [4.78, 5) is 31.1. The molecule has 0 radical (unpaired) electrons. The predicted octanol–water partition coefficient (Wildman–Crippen LogP) is 0.205. The number of nitrogens with two attached hydrogens (primary N) is 1. The van der Waals surface area contributed by atoms with Gasteiger partial charge >= 0.3 is 5.97 Å². The van der Waals surface area contributed by atoms with Gasteiger partial charge in [0.2, 0.25) is 0 Å². The molecule has 0 aliphatic carbocycles. The number of amides is 1. The van der Waals surface area contributed by atoms with Crippen LogP contribution in [0.1, 0.15) is 21.9 Å². The average molecular weight is 304 g/mol. The highest BCUT2D eigenvalue weighted by molar-refractivity contribution is 5.96. The molecule has 9 nitrogen and oxygen atoms in total. The number of aromatic nitrogens is 4. The van der Waals surface area contributed by atoms with Crippen LogP contribution in [0, 0.1) is 13.8 Å². The number of hydrogen-bond acceptors (Lipinski definition) is 7. The van der Waals surface area contributed by atoms with Gasteiger partial charge < -0.3 is 15.8 Å². The summed E-state index contributed by atoms with van der Waals surface area (Å²) in [5.74, 6) is -1.33. The third kappa shape index (κ3) is 3.19. The number of ether oxygens (including phenoxy) is 1. The molecule has 0 fully saturated rings.